The molecule has 1 aromatic carbocycles. The van der Waals surface area contributed by atoms with Crippen molar-refractivity contribution < 1.29 is 33.0 Å². The maximum atomic E-state index is 13.2. The highest BCUT2D eigenvalue weighted by atomic mass is 19.2. The minimum atomic E-state index is -1.77. The van der Waals surface area contributed by atoms with Gasteiger partial charge in [0.2, 0.25) is 0 Å². The molecule has 0 spiro atoms. The predicted molar refractivity (Wildman–Crippen MR) is 57.0 cm³/mol. The summed E-state index contributed by atoms with van der Waals surface area (Å²) in [5.74, 6) is -6.33. The fourth-order valence-corrected chi connectivity index (χ4v) is 1.12. The molecular formula is C10H9F3N2O4. The molecule has 0 aromatic heterocycles. The number of aliphatic carboxylic acids is 1. The van der Waals surface area contributed by atoms with E-state index in [-0.39, 0.29) is 0 Å². The van der Waals surface area contributed by atoms with Crippen molar-refractivity contribution in [3.05, 3.63) is 29.6 Å². The molecule has 0 unspecified atom stereocenters. The van der Waals surface area contributed by atoms with Crippen LogP contribution in [0.2, 0.25) is 0 Å². The lowest BCUT2D eigenvalue weighted by atomic mass is 10.3. The van der Waals surface area contributed by atoms with E-state index in [2.05, 4.69) is 0 Å². The Hall–Kier alpha value is -2.29. The molecule has 4 N–H and O–H groups in total. The number of carbonyl (C=O) groups excluding carboxylic acids is 1. The summed E-state index contributed by atoms with van der Waals surface area (Å²) in [6, 6.07) is -1.43. The number of aliphatic hydroxyl groups excluding tert-OH is 1. The molecule has 0 saturated heterocycles. The third-order valence-corrected chi connectivity index (χ3v) is 2.07. The van der Waals surface area contributed by atoms with Crippen LogP contribution in [0.15, 0.2) is 12.1 Å². The summed E-state index contributed by atoms with van der Waals surface area (Å²) in [4.78, 5) is 21.8. The number of hydrogen-bond donors (Lipinski definition) is 4. The molecule has 0 aliphatic rings. The Labute approximate surface area is 104 Å². The van der Waals surface area contributed by atoms with Crippen LogP contribution in [-0.4, -0.2) is 34.9 Å². The number of urea groups is 1. The highest BCUT2D eigenvalue weighted by Crippen LogP contribution is 2.19. The lowest BCUT2D eigenvalue weighted by Crippen LogP contribution is -2.45. The van der Waals surface area contributed by atoms with Gasteiger partial charge < -0.3 is 20.8 Å². The van der Waals surface area contributed by atoms with E-state index in [4.69, 9.17) is 10.2 Å². The molecule has 0 bridgehead atoms. The quantitative estimate of drug-likeness (QED) is 0.608. The standard InChI is InChI=1S/C10H9F3N2O4/c11-4-1-2-5(8(13)7(4)12)14-10(19)15-6(3-16)9(17)18/h1-2,6,16H,3H2,(H,17,18)(H2,14,15,19)/t6-/m1/s1. The third kappa shape index (κ3) is 3.58. The van der Waals surface area contributed by atoms with Crippen LogP contribution < -0.4 is 10.6 Å². The molecule has 2 amide bonds. The molecule has 0 heterocycles. The number of aliphatic hydroxyl groups is 1. The van der Waals surface area contributed by atoms with Crippen molar-refractivity contribution in [1.29, 1.82) is 0 Å². The number of benzene rings is 1. The van der Waals surface area contributed by atoms with Gasteiger partial charge in [-0.25, -0.2) is 22.8 Å². The van der Waals surface area contributed by atoms with Crippen LogP contribution in [0.3, 0.4) is 0 Å². The van der Waals surface area contributed by atoms with Gasteiger partial charge in [-0.3, -0.25) is 0 Å². The number of hydrogen-bond acceptors (Lipinski definition) is 3. The first-order valence-corrected chi connectivity index (χ1v) is 4.91. The fourth-order valence-electron chi connectivity index (χ4n) is 1.12. The second kappa shape index (κ2) is 6.05. The lowest BCUT2D eigenvalue weighted by Gasteiger charge is -2.13. The Bertz CT molecular complexity index is 510. The summed E-state index contributed by atoms with van der Waals surface area (Å²) in [5.41, 5.74) is -0.668. The van der Waals surface area contributed by atoms with Crippen molar-refractivity contribution in [2.75, 3.05) is 11.9 Å². The zero-order valence-electron chi connectivity index (χ0n) is 9.28. The molecular weight excluding hydrogens is 269 g/mol. The van der Waals surface area contributed by atoms with Crippen LogP contribution >= 0.6 is 0 Å². The van der Waals surface area contributed by atoms with Crippen LogP contribution in [0.5, 0.6) is 0 Å². The summed E-state index contributed by atoms with van der Waals surface area (Å²) in [7, 11) is 0. The molecule has 6 nitrogen and oxygen atoms in total. The lowest BCUT2D eigenvalue weighted by molar-refractivity contribution is -0.140. The molecule has 9 heteroatoms. The van der Waals surface area contributed by atoms with Crippen LogP contribution in [0.25, 0.3) is 0 Å². The number of anilines is 1. The number of rotatable bonds is 4. The van der Waals surface area contributed by atoms with Gasteiger partial charge in [0, 0.05) is 0 Å². The van der Waals surface area contributed by atoms with E-state index in [0.29, 0.717) is 6.07 Å². The van der Waals surface area contributed by atoms with Crippen molar-refractivity contribution in [2.24, 2.45) is 0 Å². The predicted octanol–water partition coefficient (Wildman–Crippen LogP) is 0.671. The van der Waals surface area contributed by atoms with E-state index in [9.17, 15) is 22.8 Å². The highest BCUT2D eigenvalue weighted by Gasteiger charge is 2.20. The average molecular weight is 278 g/mol. The largest absolute Gasteiger partial charge is 0.480 e. The van der Waals surface area contributed by atoms with E-state index < -0.39 is 47.8 Å². The van der Waals surface area contributed by atoms with Crippen molar-refractivity contribution in [3.8, 4) is 0 Å². The summed E-state index contributed by atoms with van der Waals surface area (Å²) in [6.45, 7) is -0.886. The van der Waals surface area contributed by atoms with Gasteiger partial charge in [0.25, 0.3) is 0 Å². The minimum Gasteiger partial charge on any atom is -0.480 e. The number of halogens is 3. The Morgan fingerprint density at radius 2 is 1.84 bits per heavy atom. The van der Waals surface area contributed by atoms with E-state index >= 15 is 0 Å². The Morgan fingerprint density at radius 1 is 1.21 bits per heavy atom. The second-order valence-corrected chi connectivity index (χ2v) is 3.39. The molecule has 19 heavy (non-hydrogen) atoms. The third-order valence-electron chi connectivity index (χ3n) is 2.07. The maximum absolute atomic E-state index is 13.2. The van der Waals surface area contributed by atoms with Crippen LogP contribution in [0, 0.1) is 17.5 Å². The minimum absolute atomic E-state index is 0.592. The van der Waals surface area contributed by atoms with Gasteiger partial charge in [-0.1, -0.05) is 0 Å². The van der Waals surface area contributed by atoms with Gasteiger partial charge in [0.05, 0.1) is 12.3 Å². The Balaban J connectivity index is 2.78. The van der Waals surface area contributed by atoms with Gasteiger partial charge in [-0.05, 0) is 12.1 Å². The summed E-state index contributed by atoms with van der Waals surface area (Å²) >= 11 is 0. The van der Waals surface area contributed by atoms with Crippen molar-refractivity contribution in [1.82, 2.24) is 5.32 Å². The normalized spacial score (nSPS) is 11.8. The SMILES string of the molecule is O=C(Nc1ccc(F)c(F)c1F)N[C@H](CO)C(=O)O. The molecule has 0 aliphatic heterocycles. The summed E-state index contributed by atoms with van der Waals surface area (Å²) < 4.78 is 38.6. The molecule has 0 aliphatic carbocycles. The van der Waals surface area contributed by atoms with Crippen LogP contribution in [0.1, 0.15) is 0 Å². The van der Waals surface area contributed by atoms with Gasteiger partial charge in [0.1, 0.15) is 0 Å². The number of nitrogens with one attached hydrogen (secondary N) is 2. The zero-order valence-corrected chi connectivity index (χ0v) is 9.28. The first kappa shape index (κ1) is 14.8. The van der Waals surface area contributed by atoms with Crippen molar-refractivity contribution in [3.63, 3.8) is 0 Å². The molecule has 1 atom stereocenters. The van der Waals surface area contributed by atoms with E-state index in [0.717, 1.165) is 6.07 Å². The van der Waals surface area contributed by atoms with Gasteiger partial charge in [-0.2, -0.15) is 0 Å². The smallest absolute Gasteiger partial charge is 0.328 e. The number of amides is 2. The molecule has 0 saturated carbocycles. The highest BCUT2D eigenvalue weighted by molar-refractivity contribution is 5.92. The van der Waals surface area contributed by atoms with Gasteiger partial charge in [0.15, 0.2) is 23.5 Å². The molecule has 1 rings (SSSR count). The monoisotopic (exact) mass is 278 g/mol. The van der Waals surface area contributed by atoms with Crippen LogP contribution in [-0.2, 0) is 4.79 Å². The average Bonchev–Trinajstić information content (AvgIpc) is 2.36. The summed E-state index contributed by atoms with van der Waals surface area (Å²) in [6.07, 6.45) is 0. The molecule has 104 valence electrons. The number of carboxylic acid groups (broad SMARTS) is 1. The van der Waals surface area contributed by atoms with Crippen molar-refractivity contribution >= 4 is 17.7 Å². The fraction of sp³-hybridized carbons (Fsp3) is 0.200. The first-order valence-electron chi connectivity index (χ1n) is 4.91. The number of carbonyl (C=O) groups is 2. The van der Waals surface area contributed by atoms with E-state index in [1.807, 2.05) is 0 Å². The molecule has 0 radical (unpaired) electrons. The van der Waals surface area contributed by atoms with E-state index in [1.54, 1.807) is 10.6 Å². The van der Waals surface area contributed by atoms with Gasteiger partial charge in [-0.15, -0.1) is 0 Å². The van der Waals surface area contributed by atoms with Crippen LogP contribution in [0.4, 0.5) is 23.7 Å². The van der Waals surface area contributed by atoms with Crippen molar-refractivity contribution in [2.45, 2.75) is 6.04 Å². The number of carboxylic acids is 1. The molecule has 0 fully saturated rings. The zero-order chi connectivity index (χ0) is 14.6. The topological polar surface area (TPSA) is 98.7 Å². The Morgan fingerprint density at radius 3 is 2.37 bits per heavy atom. The summed E-state index contributed by atoms with van der Waals surface area (Å²) in [5, 5.41) is 20.8. The Kier molecular flexibility index (Phi) is 4.70. The first-order chi connectivity index (χ1) is 8.86. The maximum Gasteiger partial charge on any atom is 0.328 e. The van der Waals surface area contributed by atoms with E-state index in [1.165, 1.54) is 0 Å². The van der Waals surface area contributed by atoms with Gasteiger partial charge >= 0.3 is 12.0 Å². The molecule has 1 aromatic rings. The second-order valence-electron chi connectivity index (χ2n) is 3.39.